The fraction of sp³-hybridized carbons (Fsp3) is 0. The average molecular weight is 360 g/mol. The van der Waals surface area contributed by atoms with E-state index >= 15 is 0 Å². The zero-order chi connectivity index (χ0) is 18.1. The Balaban J connectivity index is 2.04. The lowest BCUT2D eigenvalue weighted by molar-refractivity contribution is 0.0699. The number of carbonyl (C=O) groups is 1. The van der Waals surface area contributed by atoms with Crippen molar-refractivity contribution in [3.05, 3.63) is 89.4 Å². The molecule has 0 saturated carbocycles. The summed E-state index contributed by atoms with van der Waals surface area (Å²) in [7, 11) is 0. The number of aromatic nitrogens is 1. The Labute approximate surface area is 155 Å². The van der Waals surface area contributed by atoms with Crippen LogP contribution in [-0.2, 0) is 0 Å². The molecule has 0 saturated heterocycles. The van der Waals surface area contributed by atoms with E-state index in [9.17, 15) is 9.90 Å². The standard InChI is InChI=1S/C22H14ClNO2/c23-16-11-9-15(10-12-16)20-13-19(22(25)26)18-8-4-7-17(21(18)24-20)14-5-2-1-3-6-14/h1-13H,(H,25,26). The lowest BCUT2D eigenvalue weighted by Gasteiger charge is -2.11. The molecule has 126 valence electrons. The quantitative estimate of drug-likeness (QED) is 0.494. The lowest BCUT2D eigenvalue weighted by atomic mass is 9.98. The van der Waals surface area contributed by atoms with Gasteiger partial charge in [0, 0.05) is 21.5 Å². The SMILES string of the molecule is O=C(O)c1cc(-c2ccc(Cl)cc2)nc2c(-c3ccccc3)cccc12. The van der Waals surface area contributed by atoms with E-state index in [4.69, 9.17) is 16.6 Å². The van der Waals surface area contributed by atoms with Gasteiger partial charge in [0.05, 0.1) is 16.8 Å². The smallest absolute Gasteiger partial charge is 0.336 e. The predicted molar refractivity (Wildman–Crippen MR) is 105 cm³/mol. The molecule has 3 aromatic carbocycles. The minimum atomic E-state index is -0.974. The summed E-state index contributed by atoms with van der Waals surface area (Å²) in [6.07, 6.45) is 0. The van der Waals surface area contributed by atoms with Crippen molar-refractivity contribution in [1.82, 2.24) is 4.98 Å². The van der Waals surface area contributed by atoms with Gasteiger partial charge in [-0.1, -0.05) is 72.3 Å². The van der Waals surface area contributed by atoms with Crippen molar-refractivity contribution in [2.24, 2.45) is 0 Å². The van der Waals surface area contributed by atoms with E-state index in [1.54, 1.807) is 24.3 Å². The molecule has 0 bridgehead atoms. The van der Waals surface area contributed by atoms with Crippen LogP contribution in [0.25, 0.3) is 33.3 Å². The third kappa shape index (κ3) is 2.93. The summed E-state index contributed by atoms with van der Waals surface area (Å²) < 4.78 is 0. The molecular weight excluding hydrogens is 346 g/mol. The molecule has 1 N–H and O–H groups in total. The van der Waals surface area contributed by atoms with Crippen molar-refractivity contribution in [1.29, 1.82) is 0 Å². The topological polar surface area (TPSA) is 50.2 Å². The molecule has 0 spiro atoms. The molecule has 0 amide bonds. The fourth-order valence-electron chi connectivity index (χ4n) is 3.04. The van der Waals surface area contributed by atoms with E-state index in [1.165, 1.54) is 0 Å². The van der Waals surface area contributed by atoms with E-state index in [1.807, 2.05) is 54.6 Å². The number of halogens is 1. The van der Waals surface area contributed by atoms with Gasteiger partial charge in [-0.25, -0.2) is 9.78 Å². The van der Waals surface area contributed by atoms with Gasteiger partial charge in [-0.2, -0.15) is 0 Å². The number of benzene rings is 3. The first-order chi connectivity index (χ1) is 12.6. The molecule has 3 nitrogen and oxygen atoms in total. The van der Waals surface area contributed by atoms with Crippen LogP contribution >= 0.6 is 11.6 Å². The number of hydrogen-bond acceptors (Lipinski definition) is 2. The van der Waals surface area contributed by atoms with Crippen molar-refractivity contribution in [3.8, 4) is 22.4 Å². The second-order valence-corrected chi connectivity index (χ2v) is 6.37. The molecule has 4 rings (SSSR count). The summed E-state index contributed by atoms with van der Waals surface area (Å²) in [6.45, 7) is 0. The number of hydrogen-bond donors (Lipinski definition) is 1. The molecule has 4 heteroatoms. The average Bonchev–Trinajstić information content (AvgIpc) is 2.68. The Morgan fingerprint density at radius 1 is 0.846 bits per heavy atom. The molecule has 1 aromatic heterocycles. The maximum Gasteiger partial charge on any atom is 0.336 e. The summed E-state index contributed by atoms with van der Waals surface area (Å²) in [5.74, 6) is -0.974. The molecule has 0 aliphatic carbocycles. The van der Waals surface area contributed by atoms with Gasteiger partial charge in [-0.15, -0.1) is 0 Å². The number of pyridine rings is 1. The van der Waals surface area contributed by atoms with E-state index in [2.05, 4.69) is 0 Å². The van der Waals surface area contributed by atoms with Gasteiger partial charge in [-0.3, -0.25) is 0 Å². The summed E-state index contributed by atoms with van der Waals surface area (Å²) in [6, 6.07) is 24.3. The second-order valence-electron chi connectivity index (χ2n) is 5.93. The number of rotatable bonds is 3. The van der Waals surface area contributed by atoms with Crippen LogP contribution in [0.2, 0.25) is 5.02 Å². The van der Waals surface area contributed by atoms with Crippen LogP contribution in [0.1, 0.15) is 10.4 Å². The van der Waals surface area contributed by atoms with Crippen LogP contribution in [-0.4, -0.2) is 16.1 Å². The number of carboxylic acids is 1. The number of aromatic carboxylic acids is 1. The Hall–Kier alpha value is -3.17. The molecule has 0 radical (unpaired) electrons. The van der Waals surface area contributed by atoms with Gasteiger partial charge >= 0.3 is 5.97 Å². The van der Waals surface area contributed by atoms with Gasteiger partial charge in [0.15, 0.2) is 0 Å². The highest BCUT2D eigenvalue weighted by atomic mass is 35.5. The molecule has 0 atom stereocenters. The highest BCUT2D eigenvalue weighted by Gasteiger charge is 2.15. The molecule has 1 heterocycles. The summed E-state index contributed by atoms with van der Waals surface area (Å²) in [5.41, 5.74) is 4.23. The third-order valence-corrected chi connectivity index (χ3v) is 4.55. The highest BCUT2D eigenvalue weighted by Crippen LogP contribution is 2.32. The van der Waals surface area contributed by atoms with Crippen LogP contribution in [0, 0.1) is 0 Å². The second kappa shape index (κ2) is 6.62. The van der Waals surface area contributed by atoms with E-state index in [-0.39, 0.29) is 5.56 Å². The van der Waals surface area contributed by atoms with Crippen molar-refractivity contribution in [3.63, 3.8) is 0 Å². The van der Waals surface area contributed by atoms with Crippen LogP contribution in [0.3, 0.4) is 0 Å². The molecule has 4 aromatic rings. The van der Waals surface area contributed by atoms with Gasteiger partial charge in [0.2, 0.25) is 0 Å². The molecule has 0 fully saturated rings. The Kier molecular flexibility index (Phi) is 4.15. The third-order valence-electron chi connectivity index (χ3n) is 4.29. The van der Waals surface area contributed by atoms with Crippen molar-refractivity contribution >= 4 is 28.5 Å². The predicted octanol–water partition coefficient (Wildman–Crippen LogP) is 5.92. The Bertz CT molecular complexity index is 1110. The number of nitrogens with zero attached hydrogens (tertiary/aromatic N) is 1. The fourth-order valence-corrected chi connectivity index (χ4v) is 3.17. The minimum Gasteiger partial charge on any atom is -0.478 e. The summed E-state index contributed by atoms with van der Waals surface area (Å²) in [4.78, 5) is 16.6. The lowest BCUT2D eigenvalue weighted by Crippen LogP contribution is -2.01. The molecule has 0 aliphatic heterocycles. The van der Waals surface area contributed by atoms with Crippen LogP contribution < -0.4 is 0 Å². The van der Waals surface area contributed by atoms with Gasteiger partial charge in [0.1, 0.15) is 0 Å². The zero-order valence-corrected chi connectivity index (χ0v) is 14.4. The molecular formula is C22H14ClNO2. The largest absolute Gasteiger partial charge is 0.478 e. The first kappa shape index (κ1) is 16.3. The minimum absolute atomic E-state index is 0.234. The van der Waals surface area contributed by atoms with E-state index < -0.39 is 5.97 Å². The first-order valence-corrected chi connectivity index (χ1v) is 8.50. The number of fused-ring (bicyclic) bond motifs is 1. The number of para-hydroxylation sites is 1. The van der Waals surface area contributed by atoms with Gasteiger partial charge < -0.3 is 5.11 Å². The normalized spacial score (nSPS) is 10.8. The summed E-state index contributed by atoms with van der Waals surface area (Å²) >= 11 is 5.97. The van der Waals surface area contributed by atoms with Gasteiger partial charge in [-0.05, 0) is 23.8 Å². The van der Waals surface area contributed by atoms with Crippen molar-refractivity contribution in [2.45, 2.75) is 0 Å². The summed E-state index contributed by atoms with van der Waals surface area (Å²) in [5, 5.41) is 11.0. The first-order valence-electron chi connectivity index (χ1n) is 8.12. The molecule has 26 heavy (non-hydrogen) atoms. The maximum atomic E-state index is 11.9. The zero-order valence-electron chi connectivity index (χ0n) is 13.7. The van der Waals surface area contributed by atoms with Crippen LogP contribution in [0.5, 0.6) is 0 Å². The van der Waals surface area contributed by atoms with Crippen LogP contribution in [0.4, 0.5) is 0 Å². The highest BCUT2D eigenvalue weighted by molar-refractivity contribution is 6.30. The van der Waals surface area contributed by atoms with E-state index in [0.717, 1.165) is 16.7 Å². The van der Waals surface area contributed by atoms with Gasteiger partial charge in [0.25, 0.3) is 0 Å². The van der Waals surface area contributed by atoms with Crippen molar-refractivity contribution < 1.29 is 9.90 Å². The maximum absolute atomic E-state index is 11.9. The van der Waals surface area contributed by atoms with Crippen molar-refractivity contribution in [2.75, 3.05) is 0 Å². The number of carboxylic acid groups (broad SMARTS) is 1. The Morgan fingerprint density at radius 3 is 2.27 bits per heavy atom. The monoisotopic (exact) mass is 359 g/mol. The Morgan fingerprint density at radius 2 is 1.58 bits per heavy atom. The van der Waals surface area contributed by atoms with E-state index in [0.29, 0.717) is 21.6 Å². The molecule has 0 unspecified atom stereocenters. The van der Waals surface area contributed by atoms with Crippen LogP contribution in [0.15, 0.2) is 78.9 Å². The molecule has 0 aliphatic rings.